The Labute approximate surface area is 117 Å². The second-order valence-electron chi connectivity index (χ2n) is 4.88. The maximum Gasteiger partial charge on any atom is 0.295 e. The van der Waals surface area contributed by atoms with Crippen molar-refractivity contribution in [3.8, 4) is 0 Å². The van der Waals surface area contributed by atoms with Crippen molar-refractivity contribution in [3.63, 3.8) is 0 Å². The van der Waals surface area contributed by atoms with Gasteiger partial charge in [-0.1, -0.05) is 35.9 Å². The van der Waals surface area contributed by atoms with E-state index >= 15 is 0 Å². The molecule has 0 fully saturated rings. The smallest absolute Gasteiger partial charge is 0.295 e. The summed E-state index contributed by atoms with van der Waals surface area (Å²) in [4.78, 5) is 4.36. The number of para-hydroxylation sites is 1. The first kappa shape index (κ1) is 12.5. The lowest BCUT2D eigenvalue weighted by atomic mass is 10.1. The van der Waals surface area contributed by atoms with Gasteiger partial charge in [-0.15, -0.1) is 0 Å². The van der Waals surface area contributed by atoms with Crippen LogP contribution in [0, 0.1) is 6.92 Å². The number of nitrogens with one attached hydrogen (secondary N) is 1. The van der Waals surface area contributed by atoms with Gasteiger partial charge in [0.1, 0.15) is 5.52 Å². The van der Waals surface area contributed by atoms with Gasteiger partial charge in [0.25, 0.3) is 6.01 Å². The third-order valence-corrected chi connectivity index (χ3v) is 3.22. The van der Waals surface area contributed by atoms with Gasteiger partial charge in [0.05, 0.1) is 5.69 Å². The number of aryl methyl sites for hydroxylation is 1. The molecule has 2 aromatic carbocycles. The normalized spacial score (nSPS) is 10.8. The molecule has 3 N–H and O–H groups in total. The molecule has 1 aromatic heterocycles. The Kier molecular flexibility index (Phi) is 3.29. The van der Waals surface area contributed by atoms with E-state index in [-0.39, 0.29) is 0 Å². The Morgan fingerprint density at radius 2 is 2.05 bits per heavy atom. The molecule has 0 unspecified atom stereocenters. The van der Waals surface area contributed by atoms with Crippen LogP contribution < -0.4 is 11.1 Å². The predicted molar refractivity (Wildman–Crippen MR) is 81.8 cm³/mol. The van der Waals surface area contributed by atoms with E-state index in [0.717, 1.165) is 13.0 Å². The molecule has 0 amide bonds. The Morgan fingerprint density at radius 1 is 1.20 bits per heavy atom. The summed E-state index contributed by atoms with van der Waals surface area (Å²) in [6.45, 7) is 2.87. The molecule has 0 aliphatic carbocycles. The van der Waals surface area contributed by atoms with Gasteiger partial charge in [-0.05, 0) is 31.0 Å². The largest absolute Gasteiger partial charge is 0.423 e. The van der Waals surface area contributed by atoms with Crippen LogP contribution in [0.4, 0.5) is 11.7 Å². The first-order chi connectivity index (χ1) is 9.72. The maximum absolute atomic E-state index is 5.86. The number of hydrogen-bond acceptors (Lipinski definition) is 4. The molecule has 0 radical (unpaired) electrons. The number of rotatable bonds is 4. The highest BCUT2D eigenvalue weighted by Crippen LogP contribution is 2.23. The molecule has 0 bridgehead atoms. The highest BCUT2D eigenvalue weighted by Gasteiger charge is 2.07. The van der Waals surface area contributed by atoms with Gasteiger partial charge in [0.15, 0.2) is 5.58 Å². The minimum Gasteiger partial charge on any atom is -0.423 e. The number of nitrogens with two attached hydrogens (primary N) is 1. The summed E-state index contributed by atoms with van der Waals surface area (Å²) in [5.74, 6) is 0. The van der Waals surface area contributed by atoms with Crippen molar-refractivity contribution in [3.05, 3.63) is 53.6 Å². The zero-order valence-corrected chi connectivity index (χ0v) is 11.4. The predicted octanol–water partition coefficient (Wildman–Crippen LogP) is 3.37. The Hall–Kier alpha value is -2.49. The van der Waals surface area contributed by atoms with Crippen LogP contribution in [0.25, 0.3) is 11.1 Å². The molecule has 4 heteroatoms. The highest BCUT2D eigenvalue weighted by atomic mass is 16.4. The van der Waals surface area contributed by atoms with Crippen LogP contribution >= 0.6 is 0 Å². The molecule has 3 aromatic rings. The minimum atomic E-state index is 0.519. The number of oxazole rings is 1. The van der Waals surface area contributed by atoms with Crippen molar-refractivity contribution in [1.82, 2.24) is 4.98 Å². The lowest BCUT2D eigenvalue weighted by Gasteiger charge is -2.03. The van der Waals surface area contributed by atoms with Crippen LogP contribution in [0.2, 0.25) is 0 Å². The number of benzene rings is 2. The number of anilines is 2. The van der Waals surface area contributed by atoms with Crippen LogP contribution in [0.5, 0.6) is 0 Å². The van der Waals surface area contributed by atoms with E-state index < -0.39 is 0 Å². The van der Waals surface area contributed by atoms with Crippen LogP contribution in [0.1, 0.15) is 11.1 Å². The molecule has 0 atom stereocenters. The first-order valence-corrected chi connectivity index (χ1v) is 6.67. The molecule has 0 saturated carbocycles. The highest BCUT2D eigenvalue weighted by molar-refractivity contribution is 5.86. The summed E-state index contributed by atoms with van der Waals surface area (Å²) in [5.41, 5.74) is 10.5. The fourth-order valence-corrected chi connectivity index (χ4v) is 2.23. The molecule has 4 nitrogen and oxygen atoms in total. The molecule has 0 spiro atoms. The van der Waals surface area contributed by atoms with Crippen LogP contribution in [0.15, 0.2) is 46.9 Å². The molecule has 0 aliphatic rings. The lowest BCUT2D eigenvalue weighted by Crippen LogP contribution is -2.05. The van der Waals surface area contributed by atoms with Crippen molar-refractivity contribution in [2.75, 3.05) is 17.6 Å². The van der Waals surface area contributed by atoms with Crippen molar-refractivity contribution in [1.29, 1.82) is 0 Å². The SMILES string of the molecule is Cc1cccc(CCNc2nc3c(N)cccc3o2)c1. The van der Waals surface area contributed by atoms with E-state index in [1.165, 1.54) is 11.1 Å². The summed E-state index contributed by atoms with van der Waals surface area (Å²) in [6.07, 6.45) is 0.926. The van der Waals surface area contributed by atoms with E-state index in [2.05, 4.69) is 41.5 Å². The van der Waals surface area contributed by atoms with Crippen molar-refractivity contribution in [2.24, 2.45) is 0 Å². The summed E-state index contributed by atoms with van der Waals surface area (Å²) >= 11 is 0. The molecule has 3 rings (SSSR count). The van der Waals surface area contributed by atoms with Crippen molar-refractivity contribution in [2.45, 2.75) is 13.3 Å². The molecular weight excluding hydrogens is 250 g/mol. The van der Waals surface area contributed by atoms with Gasteiger partial charge in [-0.2, -0.15) is 4.98 Å². The van der Waals surface area contributed by atoms with Gasteiger partial charge < -0.3 is 15.5 Å². The molecule has 20 heavy (non-hydrogen) atoms. The Balaban J connectivity index is 1.67. The van der Waals surface area contributed by atoms with Gasteiger partial charge >= 0.3 is 0 Å². The minimum absolute atomic E-state index is 0.519. The lowest BCUT2D eigenvalue weighted by molar-refractivity contribution is 0.614. The fraction of sp³-hybridized carbons (Fsp3) is 0.188. The third-order valence-electron chi connectivity index (χ3n) is 3.22. The van der Waals surface area contributed by atoms with Crippen LogP contribution in [-0.2, 0) is 6.42 Å². The van der Waals surface area contributed by atoms with Gasteiger partial charge in [-0.25, -0.2) is 0 Å². The average molecular weight is 267 g/mol. The topological polar surface area (TPSA) is 64.1 Å². The second-order valence-corrected chi connectivity index (χ2v) is 4.88. The molecule has 0 saturated heterocycles. The molecule has 102 valence electrons. The number of nitrogen functional groups attached to an aromatic ring is 1. The summed E-state index contributed by atoms with van der Waals surface area (Å²) in [5, 5.41) is 3.20. The van der Waals surface area contributed by atoms with Gasteiger partial charge in [0, 0.05) is 6.54 Å². The zero-order chi connectivity index (χ0) is 13.9. The zero-order valence-electron chi connectivity index (χ0n) is 11.4. The van der Waals surface area contributed by atoms with E-state index in [4.69, 9.17) is 10.2 Å². The van der Waals surface area contributed by atoms with Gasteiger partial charge in [-0.3, -0.25) is 0 Å². The quantitative estimate of drug-likeness (QED) is 0.711. The Bertz CT molecular complexity index is 733. The molecular formula is C16H17N3O. The fourth-order valence-electron chi connectivity index (χ4n) is 2.23. The van der Waals surface area contributed by atoms with E-state index in [0.29, 0.717) is 22.8 Å². The summed E-state index contributed by atoms with van der Waals surface area (Å²) in [7, 11) is 0. The number of nitrogens with zero attached hydrogens (tertiary/aromatic N) is 1. The van der Waals surface area contributed by atoms with Crippen LogP contribution in [0.3, 0.4) is 0 Å². The van der Waals surface area contributed by atoms with Crippen molar-refractivity contribution < 1.29 is 4.42 Å². The number of fused-ring (bicyclic) bond motifs is 1. The summed E-state index contributed by atoms with van der Waals surface area (Å²) in [6, 6.07) is 14.5. The average Bonchev–Trinajstić information content (AvgIpc) is 2.83. The van der Waals surface area contributed by atoms with Gasteiger partial charge in [0.2, 0.25) is 0 Å². The van der Waals surface area contributed by atoms with E-state index in [9.17, 15) is 0 Å². The van der Waals surface area contributed by atoms with E-state index in [1.54, 1.807) is 0 Å². The first-order valence-electron chi connectivity index (χ1n) is 6.67. The summed E-state index contributed by atoms with van der Waals surface area (Å²) < 4.78 is 5.61. The number of hydrogen-bond donors (Lipinski definition) is 2. The maximum atomic E-state index is 5.86. The second kappa shape index (κ2) is 5.25. The molecule has 1 heterocycles. The standard InChI is InChI=1S/C16H17N3O/c1-11-4-2-5-12(10-11)8-9-18-16-19-15-13(17)6-3-7-14(15)20-16/h2-7,10H,8-9,17H2,1H3,(H,18,19). The van der Waals surface area contributed by atoms with Crippen LogP contribution in [-0.4, -0.2) is 11.5 Å². The number of aromatic nitrogens is 1. The molecule has 0 aliphatic heterocycles. The Morgan fingerprint density at radius 3 is 2.85 bits per heavy atom. The third kappa shape index (κ3) is 2.59. The monoisotopic (exact) mass is 267 g/mol. The van der Waals surface area contributed by atoms with E-state index in [1.807, 2.05) is 18.2 Å². The van der Waals surface area contributed by atoms with Crippen molar-refractivity contribution >= 4 is 22.8 Å².